The van der Waals surface area contributed by atoms with E-state index >= 15 is 0 Å². The molecule has 4 heteroatoms. The first-order chi connectivity index (χ1) is 13.5. The largest absolute Gasteiger partial charge is 0.393 e. The van der Waals surface area contributed by atoms with E-state index in [1.54, 1.807) is 0 Å². The minimum atomic E-state index is -0.0882. The Hall–Kier alpha value is -0.160. The summed E-state index contributed by atoms with van der Waals surface area (Å²) in [6.07, 6.45) is 19.3. The van der Waals surface area contributed by atoms with Crippen LogP contribution in [0.4, 0.5) is 0 Å². The van der Waals surface area contributed by atoms with E-state index in [9.17, 15) is 10.2 Å². The van der Waals surface area contributed by atoms with Gasteiger partial charge in [0, 0.05) is 12.6 Å². The Kier molecular flexibility index (Phi) is 26.7. The van der Waals surface area contributed by atoms with Gasteiger partial charge in [-0.25, -0.2) is 0 Å². The molecule has 6 N–H and O–H groups in total. The van der Waals surface area contributed by atoms with E-state index in [1.165, 1.54) is 57.8 Å². The Morgan fingerprint density at radius 1 is 0.536 bits per heavy atom. The van der Waals surface area contributed by atoms with Crippen molar-refractivity contribution in [2.75, 3.05) is 6.54 Å². The molecule has 0 spiro atoms. The number of aliphatic hydroxyl groups is 2. The van der Waals surface area contributed by atoms with Gasteiger partial charge >= 0.3 is 0 Å². The third-order valence-corrected chi connectivity index (χ3v) is 5.34. The fraction of sp³-hybridized carbons (Fsp3) is 1.00. The lowest BCUT2D eigenvalue weighted by atomic mass is 10.0. The molecule has 172 valence electrons. The maximum Gasteiger partial charge on any atom is 0.0540 e. The summed E-state index contributed by atoms with van der Waals surface area (Å²) in [5, 5.41) is 19.2. The molecule has 28 heavy (non-hydrogen) atoms. The summed E-state index contributed by atoms with van der Waals surface area (Å²) in [4.78, 5) is 0. The Balaban J connectivity index is 0. The molecule has 0 aliphatic rings. The summed E-state index contributed by atoms with van der Waals surface area (Å²) >= 11 is 0. The van der Waals surface area contributed by atoms with Gasteiger partial charge < -0.3 is 21.7 Å². The highest BCUT2D eigenvalue weighted by atomic mass is 16.3. The van der Waals surface area contributed by atoms with Gasteiger partial charge in [-0.1, -0.05) is 97.8 Å². The van der Waals surface area contributed by atoms with Gasteiger partial charge in [0.2, 0.25) is 0 Å². The Labute approximate surface area is 176 Å². The van der Waals surface area contributed by atoms with Crippen LogP contribution in [0.25, 0.3) is 0 Å². The van der Waals surface area contributed by atoms with Crippen molar-refractivity contribution in [1.82, 2.24) is 0 Å². The van der Waals surface area contributed by atoms with Crippen LogP contribution in [0.5, 0.6) is 0 Å². The van der Waals surface area contributed by atoms with Crippen molar-refractivity contribution in [2.24, 2.45) is 11.5 Å². The summed E-state index contributed by atoms with van der Waals surface area (Å²) in [7, 11) is 0. The van der Waals surface area contributed by atoms with Crippen LogP contribution >= 0.6 is 0 Å². The van der Waals surface area contributed by atoms with Crippen LogP contribution in [-0.2, 0) is 0 Å². The highest BCUT2D eigenvalue weighted by molar-refractivity contribution is 4.62. The van der Waals surface area contributed by atoms with Crippen molar-refractivity contribution in [3.63, 3.8) is 0 Å². The number of hydrogen-bond donors (Lipinski definition) is 4. The van der Waals surface area contributed by atoms with Crippen molar-refractivity contribution in [1.29, 1.82) is 0 Å². The molecule has 0 aliphatic heterocycles. The zero-order chi connectivity index (χ0) is 21.5. The van der Waals surface area contributed by atoms with E-state index in [-0.39, 0.29) is 18.2 Å². The van der Waals surface area contributed by atoms with Crippen LogP contribution in [0.3, 0.4) is 0 Å². The Morgan fingerprint density at radius 3 is 1.18 bits per heavy atom. The van der Waals surface area contributed by atoms with E-state index in [4.69, 9.17) is 11.5 Å². The summed E-state index contributed by atoms with van der Waals surface area (Å²) in [5.41, 5.74) is 11.2. The highest BCUT2D eigenvalue weighted by Crippen LogP contribution is 2.12. The van der Waals surface area contributed by atoms with Crippen LogP contribution < -0.4 is 11.5 Å². The van der Waals surface area contributed by atoms with Gasteiger partial charge in [0.25, 0.3) is 0 Å². The van der Waals surface area contributed by atoms with E-state index in [1.807, 2.05) is 0 Å². The lowest BCUT2D eigenvalue weighted by molar-refractivity contribution is 0.147. The molecule has 0 heterocycles. The average molecular weight is 403 g/mol. The molecule has 0 aromatic rings. The smallest absolute Gasteiger partial charge is 0.0540 e. The molecule has 0 amide bonds. The number of nitrogens with two attached hydrogens (primary N) is 2. The number of rotatable bonds is 19. The van der Waals surface area contributed by atoms with Gasteiger partial charge in [0.05, 0.1) is 12.2 Å². The zero-order valence-corrected chi connectivity index (χ0v) is 19.5. The second-order valence-electron chi connectivity index (χ2n) is 8.43. The van der Waals surface area contributed by atoms with Gasteiger partial charge in [-0.05, 0) is 32.1 Å². The van der Waals surface area contributed by atoms with Gasteiger partial charge in [0.1, 0.15) is 0 Å². The maximum atomic E-state index is 9.69. The first-order valence-corrected chi connectivity index (χ1v) is 12.3. The normalized spacial score (nSPS) is 13.3. The molecule has 0 aromatic heterocycles. The molecule has 4 nitrogen and oxygen atoms in total. The van der Waals surface area contributed by atoms with Crippen LogP contribution in [0.2, 0.25) is 0 Å². The van der Waals surface area contributed by atoms with Crippen LogP contribution in [0.15, 0.2) is 0 Å². The fourth-order valence-corrected chi connectivity index (χ4v) is 3.26. The standard InChI is InChI=1S/C13H30N2O.C11H24O/c1-2-3-5-9-13(16)10-7-4-6-8-12(15)11-14;1-3-5-7-9-11(12)10-8-6-4-2/h12-13,16H,2-11,14-15H2,1H3;11-12H,3-10H2,1-2H3. The molecule has 0 saturated heterocycles. The lowest BCUT2D eigenvalue weighted by Gasteiger charge is -2.11. The van der Waals surface area contributed by atoms with Crippen molar-refractivity contribution in [3.8, 4) is 0 Å². The van der Waals surface area contributed by atoms with E-state index in [0.29, 0.717) is 6.54 Å². The van der Waals surface area contributed by atoms with E-state index < -0.39 is 0 Å². The Bertz CT molecular complexity index is 267. The summed E-state index contributed by atoms with van der Waals surface area (Å²) in [5.74, 6) is 0. The molecule has 0 aromatic carbocycles. The minimum Gasteiger partial charge on any atom is -0.393 e. The zero-order valence-electron chi connectivity index (χ0n) is 19.5. The fourth-order valence-electron chi connectivity index (χ4n) is 3.26. The third kappa shape index (κ3) is 25.8. The monoisotopic (exact) mass is 402 g/mol. The quantitative estimate of drug-likeness (QED) is 0.209. The number of aliphatic hydroxyl groups excluding tert-OH is 2. The molecule has 0 aliphatic carbocycles. The molecule has 0 radical (unpaired) electrons. The van der Waals surface area contributed by atoms with Crippen LogP contribution in [0.1, 0.15) is 130 Å². The predicted molar refractivity (Wildman–Crippen MR) is 125 cm³/mol. The molecule has 2 atom stereocenters. The first-order valence-electron chi connectivity index (χ1n) is 12.3. The molecule has 0 saturated carbocycles. The summed E-state index contributed by atoms with van der Waals surface area (Å²) < 4.78 is 0. The van der Waals surface area contributed by atoms with E-state index in [2.05, 4.69) is 20.8 Å². The molecule has 0 bridgehead atoms. The van der Waals surface area contributed by atoms with Gasteiger partial charge in [-0.15, -0.1) is 0 Å². The van der Waals surface area contributed by atoms with Crippen molar-refractivity contribution >= 4 is 0 Å². The van der Waals surface area contributed by atoms with Crippen LogP contribution in [0, 0.1) is 0 Å². The number of hydrogen-bond acceptors (Lipinski definition) is 4. The second-order valence-corrected chi connectivity index (χ2v) is 8.43. The highest BCUT2D eigenvalue weighted by Gasteiger charge is 2.04. The maximum absolute atomic E-state index is 9.69. The topological polar surface area (TPSA) is 92.5 Å². The predicted octanol–water partition coefficient (Wildman–Crippen LogP) is 5.67. The van der Waals surface area contributed by atoms with Crippen molar-refractivity contribution in [2.45, 2.75) is 148 Å². The summed E-state index contributed by atoms with van der Waals surface area (Å²) in [6.45, 7) is 7.17. The van der Waals surface area contributed by atoms with Gasteiger partial charge in [0.15, 0.2) is 0 Å². The Morgan fingerprint density at radius 2 is 0.857 bits per heavy atom. The summed E-state index contributed by atoms with van der Waals surface area (Å²) in [6, 6.07) is 0.162. The molecule has 0 rings (SSSR count). The van der Waals surface area contributed by atoms with Crippen molar-refractivity contribution in [3.05, 3.63) is 0 Å². The van der Waals surface area contributed by atoms with Crippen LogP contribution in [-0.4, -0.2) is 35.0 Å². The molecular formula is C24H54N2O2. The molecular weight excluding hydrogens is 348 g/mol. The third-order valence-electron chi connectivity index (χ3n) is 5.34. The first kappa shape index (κ1) is 30.0. The van der Waals surface area contributed by atoms with Gasteiger partial charge in [-0.2, -0.15) is 0 Å². The number of unbranched alkanes of at least 4 members (excludes halogenated alkanes) is 8. The molecule has 2 unspecified atom stereocenters. The SMILES string of the molecule is CCCCCC(O)CCCCC.CCCCCC(O)CCCCCC(N)CN. The van der Waals surface area contributed by atoms with E-state index in [0.717, 1.165) is 51.4 Å². The van der Waals surface area contributed by atoms with Crippen molar-refractivity contribution < 1.29 is 10.2 Å². The second kappa shape index (κ2) is 24.9. The lowest BCUT2D eigenvalue weighted by Crippen LogP contribution is -2.29. The molecule has 0 fully saturated rings. The minimum absolute atomic E-state index is 0.0249. The average Bonchev–Trinajstić information content (AvgIpc) is 2.68. The van der Waals surface area contributed by atoms with Gasteiger partial charge in [-0.3, -0.25) is 0 Å².